The predicted molar refractivity (Wildman–Crippen MR) is 78.4 cm³/mol. The molecule has 18 heavy (non-hydrogen) atoms. The van der Waals surface area contributed by atoms with Crippen LogP contribution in [0.2, 0.25) is 5.02 Å². The maximum absolute atomic E-state index is 11.7. The van der Waals surface area contributed by atoms with E-state index < -0.39 is 0 Å². The molecule has 0 aromatic heterocycles. The van der Waals surface area contributed by atoms with Crippen LogP contribution in [0.25, 0.3) is 0 Å². The van der Waals surface area contributed by atoms with E-state index in [1.165, 1.54) is 12.8 Å². The van der Waals surface area contributed by atoms with Crippen LogP contribution in [0, 0.1) is 0 Å². The fourth-order valence-corrected chi connectivity index (χ4v) is 2.62. The number of rotatable bonds is 6. The average Bonchev–Trinajstić information content (AvgIpc) is 3.13. The summed E-state index contributed by atoms with van der Waals surface area (Å²) in [5.41, 5.74) is 0.775. The fourth-order valence-electron chi connectivity index (χ4n) is 1.73. The molecule has 0 saturated heterocycles. The van der Waals surface area contributed by atoms with Gasteiger partial charge in [0.25, 0.3) is 0 Å². The first-order chi connectivity index (χ1) is 8.63. The highest BCUT2D eigenvalue weighted by atomic mass is 35.5. The first kappa shape index (κ1) is 13.7. The summed E-state index contributed by atoms with van der Waals surface area (Å²) in [5, 5.41) is 6.71. The van der Waals surface area contributed by atoms with Crippen molar-refractivity contribution in [3.63, 3.8) is 0 Å². The van der Waals surface area contributed by atoms with Gasteiger partial charge in [-0.3, -0.25) is 4.79 Å². The minimum Gasteiger partial charge on any atom is -0.325 e. The minimum absolute atomic E-state index is 0.0192. The Morgan fingerprint density at radius 1 is 1.39 bits per heavy atom. The molecule has 2 N–H and O–H groups in total. The number of amides is 1. The zero-order valence-electron chi connectivity index (χ0n) is 10.3. The molecule has 5 heteroatoms. The van der Waals surface area contributed by atoms with Crippen molar-refractivity contribution >= 4 is 35.0 Å². The maximum atomic E-state index is 11.7. The second kappa shape index (κ2) is 5.95. The smallest absolute Gasteiger partial charge is 0.238 e. The van der Waals surface area contributed by atoms with E-state index in [1.807, 2.05) is 11.8 Å². The number of hydrogen-bond acceptors (Lipinski definition) is 3. The van der Waals surface area contributed by atoms with Crippen molar-refractivity contribution in [2.24, 2.45) is 0 Å². The number of nitrogens with one attached hydrogen (secondary N) is 2. The molecule has 3 nitrogen and oxygen atoms in total. The number of carbonyl (C=O) groups excluding carboxylic acids is 1. The van der Waals surface area contributed by atoms with E-state index in [4.69, 9.17) is 11.6 Å². The quantitative estimate of drug-likeness (QED) is 0.844. The Balaban J connectivity index is 1.70. The Morgan fingerprint density at radius 3 is 2.61 bits per heavy atom. The molecule has 1 amide bonds. The van der Waals surface area contributed by atoms with Gasteiger partial charge in [-0.15, -0.1) is 0 Å². The van der Waals surface area contributed by atoms with Gasteiger partial charge in [-0.1, -0.05) is 11.6 Å². The Kier molecular flexibility index (Phi) is 4.54. The van der Waals surface area contributed by atoms with Crippen LogP contribution in [0.3, 0.4) is 0 Å². The number of hydrogen-bond donors (Lipinski definition) is 2. The lowest BCUT2D eigenvalue weighted by Gasteiger charge is -2.12. The molecule has 1 saturated carbocycles. The molecule has 98 valence electrons. The number of carbonyl (C=O) groups is 1. The molecule has 1 aromatic rings. The molecule has 0 aliphatic heterocycles. The highest BCUT2D eigenvalue weighted by Crippen LogP contribution is 2.46. The second-order valence-corrected chi connectivity index (χ2v) is 6.26. The SMILES string of the molecule is CSC1(CNCC(=O)Nc2ccc(Cl)cc2)CC1. The molecular weight excluding hydrogens is 268 g/mol. The molecule has 0 atom stereocenters. The highest BCUT2D eigenvalue weighted by molar-refractivity contribution is 8.00. The largest absolute Gasteiger partial charge is 0.325 e. The van der Waals surface area contributed by atoms with E-state index in [9.17, 15) is 4.79 Å². The Labute approximate surface area is 117 Å². The third-order valence-corrected chi connectivity index (χ3v) is 4.77. The Bertz CT molecular complexity index is 418. The minimum atomic E-state index is -0.0192. The first-order valence-corrected chi connectivity index (χ1v) is 7.55. The van der Waals surface area contributed by atoms with E-state index in [0.29, 0.717) is 16.3 Å². The Morgan fingerprint density at radius 2 is 2.06 bits per heavy atom. The van der Waals surface area contributed by atoms with Gasteiger partial charge in [0, 0.05) is 22.0 Å². The lowest BCUT2D eigenvalue weighted by Crippen LogP contribution is -2.33. The van der Waals surface area contributed by atoms with E-state index in [0.717, 1.165) is 12.2 Å². The standard InChI is InChI=1S/C13H17ClN2OS/c1-18-13(6-7-13)9-15-8-12(17)16-11-4-2-10(14)3-5-11/h2-5,15H,6-9H2,1H3,(H,16,17). The monoisotopic (exact) mass is 284 g/mol. The predicted octanol–water partition coefficient (Wildman–Crippen LogP) is 2.76. The summed E-state index contributed by atoms with van der Waals surface area (Å²) in [6.07, 6.45) is 4.63. The van der Waals surface area contributed by atoms with Gasteiger partial charge in [-0.25, -0.2) is 0 Å². The summed E-state index contributed by atoms with van der Waals surface area (Å²) in [7, 11) is 0. The molecule has 1 aliphatic carbocycles. The van der Waals surface area contributed by atoms with Gasteiger partial charge in [0.05, 0.1) is 6.54 Å². The first-order valence-electron chi connectivity index (χ1n) is 5.95. The van der Waals surface area contributed by atoms with Crippen LogP contribution in [0.1, 0.15) is 12.8 Å². The summed E-state index contributed by atoms with van der Waals surface area (Å²) in [5.74, 6) is -0.0192. The third kappa shape index (κ3) is 3.90. The van der Waals surface area contributed by atoms with Gasteiger partial charge in [-0.05, 0) is 43.4 Å². The number of thioether (sulfide) groups is 1. The lowest BCUT2D eigenvalue weighted by atomic mass is 10.3. The van der Waals surface area contributed by atoms with Crippen molar-refractivity contribution in [3.8, 4) is 0 Å². The van der Waals surface area contributed by atoms with Crippen LogP contribution < -0.4 is 10.6 Å². The molecule has 1 fully saturated rings. The molecule has 0 heterocycles. The van der Waals surface area contributed by atoms with Gasteiger partial charge < -0.3 is 10.6 Å². The average molecular weight is 285 g/mol. The summed E-state index contributed by atoms with van der Waals surface area (Å²) < 4.78 is 0.389. The van der Waals surface area contributed by atoms with Gasteiger partial charge in [-0.2, -0.15) is 11.8 Å². The van der Waals surface area contributed by atoms with Crippen molar-refractivity contribution in [2.75, 3.05) is 24.7 Å². The van der Waals surface area contributed by atoms with Crippen molar-refractivity contribution in [1.82, 2.24) is 5.32 Å². The third-order valence-electron chi connectivity index (χ3n) is 3.10. The van der Waals surface area contributed by atoms with Gasteiger partial charge in [0.1, 0.15) is 0 Å². The van der Waals surface area contributed by atoms with Crippen molar-refractivity contribution in [2.45, 2.75) is 17.6 Å². The van der Waals surface area contributed by atoms with Gasteiger partial charge in [0.15, 0.2) is 0 Å². The van der Waals surface area contributed by atoms with Crippen LogP contribution >= 0.6 is 23.4 Å². The van der Waals surface area contributed by atoms with E-state index in [1.54, 1.807) is 24.3 Å². The van der Waals surface area contributed by atoms with E-state index >= 15 is 0 Å². The molecule has 0 bridgehead atoms. The molecule has 2 rings (SSSR count). The molecule has 1 aliphatic rings. The van der Waals surface area contributed by atoms with Crippen LogP contribution in [-0.2, 0) is 4.79 Å². The number of benzene rings is 1. The van der Waals surface area contributed by atoms with Crippen LogP contribution in [0.15, 0.2) is 24.3 Å². The second-order valence-electron chi connectivity index (χ2n) is 4.55. The van der Waals surface area contributed by atoms with Crippen LogP contribution in [-0.4, -0.2) is 30.0 Å². The molecule has 0 spiro atoms. The summed E-state index contributed by atoms with van der Waals surface area (Å²) >= 11 is 7.66. The van der Waals surface area contributed by atoms with E-state index in [-0.39, 0.29) is 5.91 Å². The summed E-state index contributed by atoms with van der Waals surface area (Å²) in [6, 6.07) is 7.12. The zero-order valence-corrected chi connectivity index (χ0v) is 11.9. The zero-order chi connectivity index (χ0) is 13.0. The molecule has 1 aromatic carbocycles. The van der Waals surface area contributed by atoms with Gasteiger partial charge >= 0.3 is 0 Å². The van der Waals surface area contributed by atoms with E-state index in [2.05, 4.69) is 16.9 Å². The fraction of sp³-hybridized carbons (Fsp3) is 0.462. The normalized spacial score (nSPS) is 16.3. The summed E-state index contributed by atoms with van der Waals surface area (Å²) in [4.78, 5) is 11.7. The highest BCUT2D eigenvalue weighted by Gasteiger charge is 2.41. The Hall–Kier alpha value is -0.710. The molecule has 0 unspecified atom stereocenters. The maximum Gasteiger partial charge on any atom is 0.238 e. The lowest BCUT2D eigenvalue weighted by molar-refractivity contribution is -0.115. The van der Waals surface area contributed by atoms with Crippen LogP contribution in [0.5, 0.6) is 0 Å². The number of halogens is 1. The van der Waals surface area contributed by atoms with Gasteiger partial charge in [0.2, 0.25) is 5.91 Å². The van der Waals surface area contributed by atoms with Crippen molar-refractivity contribution in [3.05, 3.63) is 29.3 Å². The number of anilines is 1. The van der Waals surface area contributed by atoms with Crippen molar-refractivity contribution < 1.29 is 4.79 Å². The topological polar surface area (TPSA) is 41.1 Å². The molecular formula is C13H17ClN2OS. The van der Waals surface area contributed by atoms with Crippen LogP contribution in [0.4, 0.5) is 5.69 Å². The molecule has 0 radical (unpaired) electrons. The van der Waals surface area contributed by atoms with Crippen molar-refractivity contribution in [1.29, 1.82) is 0 Å². The summed E-state index contributed by atoms with van der Waals surface area (Å²) in [6.45, 7) is 1.26.